The topological polar surface area (TPSA) is 72.2 Å². The fourth-order valence-electron chi connectivity index (χ4n) is 2.56. The Bertz CT molecular complexity index is 970. The molecule has 1 amide bonds. The van der Waals surface area contributed by atoms with Crippen LogP contribution in [-0.2, 0) is 11.8 Å². The molecule has 6 nitrogen and oxygen atoms in total. The van der Waals surface area contributed by atoms with Crippen molar-refractivity contribution in [1.29, 1.82) is 0 Å². The average Bonchev–Trinajstić information content (AvgIpc) is 3.09. The molecule has 2 aromatic carbocycles. The highest BCUT2D eigenvalue weighted by Crippen LogP contribution is 2.23. The van der Waals surface area contributed by atoms with Gasteiger partial charge in [0.15, 0.2) is 11.0 Å². The van der Waals surface area contributed by atoms with E-state index in [1.165, 1.54) is 11.8 Å². The second-order valence-corrected chi connectivity index (χ2v) is 7.35. The van der Waals surface area contributed by atoms with Crippen molar-refractivity contribution in [2.45, 2.75) is 18.5 Å². The lowest BCUT2D eigenvalue weighted by Gasteiger charge is -2.06. The number of aromatic nitrogens is 3. The lowest BCUT2D eigenvalue weighted by molar-refractivity contribution is -0.118. The molecule has 0 bridgehead atoms. The molecular weight excluding hydrogens is 394 g/mol. The molecule has 1 heterocycles. The number of hydrazone groups is 1. The van der Waals surface area contributed by atoms with Crippen molar-refractivity contribution in [2.75, 3.05) is 5.75 Å². The molecule has 28 heavy (non-hydrogen) atoms. The summed E-state index contributed by atoms with van der Waals surface area (Å²) < 4.78 is 1.85. The van der Waals surface area contributed by atoms with Gasteiger partial charge in [-0.25, -0.2) is 5.43 Å². The number of rotatable bonds is 7. The highest BCUT2D eigenvalue weighted by molar-refractivity contribution is 7.99. The van der Waals surface area contributed by atoms with Crippen molar-refractivity contribution in [3.8, 4) is 11.4 Å². The number of benzene rings is 2. The normalized spacial score (nSPS) is 11.5. The monoisotopic (exact) mass is 413 g/mol. The van der Waals surface area contributed by atoms with Gasteiger partial charge in [-0.3, -0.25) is 4.79 Å². The first-order chi connectivity index (χ1) is 13.6. The molecule has 0 spiro atoms. The fourth-order valence-corrected chi connectivity index (χ4v) is 3.39. The molecule has 144 valence electrons. The van der Waals surface area contributed by atoms with Crippen molar-refractivity contribution in [1.82, 2.24) is 20.2 Å². The van der Waals surface area contributed by atoms with Crippen molar-refractivity contribution >= 4 is 35.0 Å². The molecule has 0 aliphatic rings. The van der Waals surface area contributed by atoms with Gasteiger partial charge in [0.05, 0.1) is 11.5 Å². The third-order valence-corrected chi connectivity index (χ3v) is 5.30. The summed E-state index contributed by atoms with van der Waals surface area (Å²) in [5.41, 5.74) is 5.37. The standard InChI is InChI=1S/C20H20ClN5OS/c1-3-17(14-7-5-4-6-8-14)22-23-18(27)13-28-20-25-24-19(26(20)2)15-9-11-16(21)12-10-15/h4-12H,3,13H2,1-2H3,(H,23,27)/b22-17+. The highest BCUT2D eigenvalue weighted by Gasteiger charge is 2.13. The average molecular weight is 414 g/mol. The van der Waals surface area contributed by atoms with E-state index in [1.807, 2.05) is 73.1 Å². The van der Waals surface area contributed by atoms with E-state index in [9.17, 15) is 4.79 Å². The van der Waals surface area contributed by atoms with E-state index in [2.05, 4.69) is 20.7 Å². The van der Waals surface area contributed by atoms with Crippen molar-refractivity contribution in [2.24, 2.45) is 12.1 Å². The Balaban J connectivity index is 1.60. The highest BCUT2D eigenvalue weighted by atomic mass is 35.5. The largest absolute Gasteiger partial charge is 0.305 e. The van der Waals surface area contributed by atoms with Crippen LogP contribution >= 0.6 is 23.4 Å². The summed E-state index contributed by atoms with van der Waals surface area (Å²) in [5, 5.41) is 14.0. The lowest BCUT2D eigenvalue weighted by atomic mass is 10.1. The molecule has 0 saturated heterocycles. The molecule has 0 aliphatic carbocycles. The predicted molar refractivity (Wildman–Crippen MR) is 114 cm³/mol. The summed E-state index contributed by atoms with van der Waals surface area (Å²) in [5.74, 6) is 0.722. The van der Waals surface area contributed by atoms with Crippen LogP contribution in [0.15, 0.2) is 64.9 Å². The minimum atomic E-state index is -0.192. The van der Waals surface area contributed by atoms with Crippen LogP contribution in [0.4, 0.5) is 0 Å². The van der Waals surface area contributed by atoms with Crippen molar-refractivity contribution in [3.63, 3.8) is 0 Å². The zero-order valence-electron chi connectivity index (χ0n) is 15.6. The van der Waals surface area contributed by atoms with Gasteiger partial charge < -0.3 is 4.57 Å². The smallest absolute Gasteiger partial charge is 0.250 e. The number of carbonyl (C=O) groups excluding carboxylic acids is 1. The zero-order valence-corrected chi connectivity index (χ0v) is 17.2. The molecule has 8 heteroatoms. The van der Waals surface area contributed by atoms with Gasteiger partial charge in [-0.2, -0.15) is 5.10 Å². The molecule has 1 aromatic heterocycles. The van der Waals surface area contributed by atoms with E-state index in [1.54, 1.807) is 0 Å². The van der Waals surface area contributed by atoms with E-state index < -0.39 is 0 Å². The molecule has 3 rings (SSSR count). The fraction of sp³-hybridized carbons (Fsp3) is 0.200. The Kier molecular flexibility index (Phi) is 6.84. The maximum absolute atomic E-state index is 12.2. The summed E-state index contributed by atoms with van der Waals surface area (Å²) in [6.45, 7) is 2.00. The van der Waals surface area contributed by atoms with Gasteiger partial charge in [-0.1, -0.05) is 60.6 Å². The first kappa shape index (κ1) is 20.1. The Morgan fingerprint density at radius 1 is 1.14 bits per heavy atom. The number of nitrogens with one attached hydrogen (secondary N) is 1. The van der Waals surface area contributed by atoms with Crippen LogP contribution in [0.2, 0.25) is 5.02 Å². The number of nitrogens with zero attached hydrogens (tertiary/aromatic N) is 4. The molecule has 0 saturated carbocycles. The molecule has 0 unspecified atom stereocenters. The van der Waals surface area contributed by atoms with Crippen molar-refractivity contribution < 1.29 is 4.79 Å². The zero-order chi connectivity index (χ0) is 19.9. The van der Waals surface area contributed by atoms with Crippen LogP contribution < -0.4 is 5.43 Å². The number of hydrogen-bond acceptors (Lipinski definition) is 5. The number of carbonyl (C=O) groups is 1. The van der Waals surface area contributed by atoms with Gasteiger partial charge in [0, 0.05) is 17.6 Å². The summed E-state index contributed by atoms with van der Waals surface area (Å²) in [6, 6.07) is 17.2. The molecule has 0 radical (unpaired) electrons. The van der Waals surface area contributed by atoms with Crippen LogP contribution in [0.25, 0.3) is 11.4 Å². The summed E-state index contributed by atoms with van der Waals surface area (Å²) >= 11 is 7.24. The summed E-state index contributed by atoms with van der Waals surface area (Å²) in [6.07, 6.45) is 0.727. The Labute approximate surface area is 173 Å². The maximum atomic E-state index is 12.2. The first-order valence-corrected chi connectivity index (χ1v) is 10.1. The third kappa shape index (κ3) is 4.99. The molecule has 0 atom stereocenters. The van der Waals surface area contributed by atoms with E-state index in [-0.39, 0.29) is 11.7 Å². The Morgan fingerprint density at radius 3 is 2.54 bits per heavy atom. The van der Waals surface area contributed by atoms with Crippen LogP contribution in [0.3, 0.4) is 0 Å². The van der Waals surface area contributed by atoms with E-state index in [0.29, 0.717) is 10.2 Å². The number of amides is 1. The maximum Gasteiger partial charge on any atom is 0.250 e. The summed E-state index contributed by atoms with van der Waals surface area (Å²) in [7, 11) is 1.87. The Hall–Kier alpha value is -2.64. The van der Waals surface area contributed by atoms with Crippen LogP contribution in [-0.4, -0.2) is 32.1 Å². The minimum absolute atomic E-state index is 0.192. The van der Waals surface area contributed by atoms with Crippen LogP contribution in [0, 0.1) is 0 Å². The number of halogens is 1. The molecular formula is C20H20ClN5OS. The summed E-state index contributed by atoms with van der Waals surface area (Å²) in [4.78, 5) is 12.2. The van der Waals surface area contributed by atoms with Gasteiger partial charge in [0.25, 0.3) is 5.91 Å². The van der Waals surface area contributed by atoms with E-state index in [0.717, 1.165) is 29.1 Å². The van der Waals surface area contributed by atoms with Gasteiger partial charge >= 0.3 is 0 Å². The molecule has 0 aliphatic heterocycles. The van der Waals surface area contributed by atoms with Gasteiger partial charge in [-0.15, -0.1) is 10.2 Å². The quantitative estimate of drug-likeness (QED) is 0.358. The predicted octanol–water partition coefficient (Wildman–Crippen LogP) is 4.16. The van der Waals surface area contributed by atoms with Crippen molar-refractivity contribution in [3.05, 3.63) is 65.2 Å². The van der Waals surface area contributed by atoms with Gasteiger partial charge in [0.1, 0.15) is 0 Å². The third-order valence-electron chi connectivity index (χ3n) is 4.03. The van der Waals surface area contributed by atoms with Crippen LogP contribution in [0.1, 0.15) is 18.9 Å². The van der Waals surface area contributed by atoms with Crippen LogP contribution in [0.5, 0.6) is 0 Å². The molecule has 1 N–H and O–H groups in total. The molecule has 0 fully saturated rings. The minimum Gasteiger partial charge on any atom is -0.305 e. The number of hydrogen-bond donors (Lipinski definition) is 1. The van der Waals surface area contributed by atoms with E-state index in [4.69, 9.17) is 11.6 Å². The van der Waals surface area contributed by atoms with Gasteiger partial charge in [-0.05, 0) is 36.2 Å². The second-order valence-electron chi connectivity index (χ2n) is 5.97. The molecule has 3 aromatic rings. The Morgan fingerprint density at radius 2 is 1.86 bits per heavy atom. The van der Waals surface area contributed by atoms with E-state index >= 15 is 0 Å². The SMILES string of the molecule is CC/C(=N\NC(=O)CSc1nnc(-c2ccc(Cl)cc2)n1C)c1ccccc1. The second kappa shape index (κ2) is 9.52. The number of thioether (sulfide) groups is 1. The first-order valence-electron chi connectivity index (χ1n) is 8.77. The van der Waals surface area contributed by atoms with Gasteiger partial charge in [0.2, 0.25) is 0 Å². The lowest BCUT2D eigenvalue weighted by Crippen LogP contribution is -2.22.